The van der Waals surface area contributed by atoms with Gasteiger partial charge < -0.3 is 18.9 Å². The zero-order valence-electron chi connectivity index (χ0n) is 18.3. The van der Waals surface area contributed by atoms with Crippen molar-refractivity contribution in [2.24, 2.45) is 0 Å². The molecule has 168 valence electrons. The van der Waals surface area contributed by atoms with E-state index >= 15 is 0 Å². The maximum atomic E-state index is 11.5. The average molecular weight is 429 g/mol. The molecule has 0 saturated heterocycles. The van der Waals surface area contributed by atoms with Crippen molar-refractivity contribution in [1.82, 2.24) is 0 Å². The molecule has 2 aromatic carbocycles. The van der Waals surface area contributed by atoms with Crippen molar-refractivity contribution in [3.05, 3.63) is 71.8 Å². The minimum absolute atomic E-state index is 0.366. The first-order chi connectivity index (χ1) is 15.0. The Morgan fingerprint density at radius 2 is 1.06 bits per heavy atom. The van der Waals surface area contributed by atoms with E-state index in [1.807, 2.05) is 60.7 Å². The lowest BCUT2D eigenvalue weighted by Crippen LogP contribution is -2.28. The van der Waals surface area contributed by atoms with E-state index in [4.69, 9.17) is 18.9 Å². The first kappa shape index (κ1) is 24.6. The Kier molecular flexibility index (Phi) is 11.4. The topological polar surface area (TPSA) is 71.1 Å². The molecule has 0 saturated carbocycles. The minimum Gasteiger partial charge on any atom is -0.462 e. The van der Waals surface area contributed by atoms with Gasteiger partial charge in [-0.3, -0.25) is 9.59 Å². The van der Waals surface area contributed by atoms with E-state index in [2.05, 4.69) is 0 Å². The Morgan fingerprint density at radius 3 is 1.42 bits per heavy atom. The molecular weight excluding hydrogens is 396 g/mol. The molecule has 0 aliphatic carbocycles. The minimum atomic E-state index is -0.397. The molecular formula is C25H32O6. The van der Waals surface area contributed by atoms with Crippen LogP contribution < -0.4 is 0 Å². The summed E-state index contributed by atoms with van der Waals surface area (Å²) in [6.07, 6.45) is 0.658. The van der Waals surface area contributed by atoms with Crippen LogP contribution in [0.25, 0.3) is 0 Å². The van der Waals surface area contributed by atoms with E-state index in [9.17, 15) is 9.59 Å². The number of carbonyl (C=O) groups is 2. The smallest absolute Gasteiger partial charge is 0.302 e. The zero-order chi connectivity index (χ0) is 22.3. The summed E-state index contributed by atoms with van der Waals surface area (Å²) in [5, 5.41) is 0. The predicted molar refractivity (Wildman–Crippen MR) is 117 cm³/mol. The number of ether oxygens (including phenoxy) is 4. The van der Waals surface area contributed by atoms with Crippen LogP contribution in [-0.4, -0.2) is 37.4 Å². The molecule has 6 nitrogen and oxygen atoms in total. The Hall–Kier alpha value is -2.70. The highest BCUT2D eigenvalue weighted by Crippen LogP contribution is 2.15. The highest BCUT2D eigenvalue weighted by Gasteiger charge is 2.21. The lowest BCUT2D eigenvalue weighted by molar-refractivity contribution is -0.154. The molecule has 0 N–H and O–H groups in total. The third kappa shape index (κ3) is 11.3. The Balaban J connectivity index is 1.79. The fourth-order valence-electron chi connectivity index (χ4n) is 3.17. The number of esters is 2. The molecule has 31 heavy (non-hydrogen) atoms. The van der Waals surface area contributed by atoms with Crippen LogP contribution in [0.2, 0.25) is 0 Å². The number of hydrogen-bond acceptors (Lipinski definition) is 6. The van der Waals surface area contributed by atoms with E-state index in [1.54, 1.807) is 0 Å². The lowest BCUT2D eigenvalue weighted by atomic mass is 10.1. The number of carbonyl (C=O) groups excluding carboxylic acids is 2. The molecule has 2 atom stereocenters. The van der Waals surface area contributed by atoms with Gasteiger partial charge in [0, 0.05) is 33.1 Å². The maximum absolute atomic E-state index is 11.5. The molecule has 0 aromatic heterocycles. The van der Waals surface area contributed by atoms with Crippen LogP contribution in [0.3, 0.4) is 0 Å². The second kappa shape index (κ2) is 14.3. The highest BCUT2D eigenvalue weighted by atomic mass is 16.6. The summed E-state index contributed by atoms with van der Waals surface area (Å²) in [5.74, 6) is -0.732. The number of hydrogen-bond donors (Lipinski definition) is 0. The molecule has 0 amide bonds. The van der Waals surface area contributed by atoms with E-state index in [0.29, 0.717) is 45.7 Å². The van der Waals surface area contributed by atoms with Crippen molar-refractivity contribution >= 4 is 11.9 Å². The first-order valence-corrected chi connectivity index (χ1v) is 10.6. The third-order valence-corrected chi connectivity index (χ3v) is 4.58. The van der Waals surface area contributed by atoms with Crippen molar-refractivity contribution in [3.63, 3.8) is 0 Å². The van der Waals surface area contributed by atoms with Crippen LogP contribution in [0.5, 0.6) is 0 Å². The largest absolute Gasteiger partial charge is 0.462 e. The molecule has 2 aromatic rings. The van der Waals surface area contributed by atoms with Gasteiger partial charge in [0.1, 0.15) is 12.2 Å². The van der Waals surface area contributed by atoms with Gasteiger partial charge in [0.05, 0.1) is 26.4 Å². The van der Waals surface area contributed by atoms with Crippen molar-refractivity contribution < 1.29 is 28.5 Å². The van der Waals surface area contributed by atoms with Gasteiger partial charge in [-0.2, -0.15) is 0 Å². The van der Waals surface area contributed by atoms with Crippen molar-refractivity contribution in [2.45, 2.75) is 58.5 Å². The summed E-state index contributed by atoms with van der Waals surface area (Å²) in [5.41, 5.74) is 2.17. The zero-order valence-corrected chi connectivity index (χ0v) is 18.3. The number of benzene rings is 2. The van der Waals surface area contributed by atoms with Crippen molar-refractivity contribution in [3.8, 4) is 0 Å². The van der Waals surface area contributed by atoms with Crippen LogP contribution in [-0.2, 0) is 41.8 Å². The SMILES string of the molecule is CC(=O)O[C@H](CCOCc1ccccc1)C[C@H](CCOCc1ccccc1)OC(C)=O. The van der Waals surface area contributed by atoms with Gasteiger partial charge in [-0.05, 0) is 11.1 Å². The average Bonchev–Trinajstić information content (AvgIpc) is 2.75. The molecule has 0 radical (unpaired) electrons. The summed E-state index contributed by atoms with van der Waals surface area (Å²) in [6.45, 7) is 4.61. The summed E-state index contributed by atoms with van der Waals surface area (Å²) in [6, 6.07) is 19.7. The van der Waals surface area contributed by atoms with Crippen LogP contribution in [0.4, 0.5) is 0 Å². The van der Waals surface area contributed by atoms with E-state index in [0.717, 1.165) is 11.1 Å². The molecule has 0 aliphatic heterocycles. The van der Waals surface area contributed by atoms with Gasteiger partial charge in [-0.1, -0.05) is 60.7 Å². The van der Waals surface area contributed by atoms with Gasteiger partial charge >= 0.3 is 11.9 Å². The van der Waals surface area contributed by atoms with Crippen LogP contribution in [0.1, 0.15) is 44.2 Å². The second-order valence-electron chi connectivity index (χ2n) is 7.35. The van der Waals surface area contributed by atoms with Gasteiger partial charge in [0.2, 0.25) is 0 Å². The Labute approximate surface area is 184 Å². The second-order valence-corrected chi connectivity index (χ2v) is 7.35. The molecule has 2 rings (SSSR count). The van der Waals surface area contributed by atoms with E-state index in [1.165, 1.54) is 13.8 Å². The standard InChI is InChI=1S/C25H32O6/c1-20(26)30-24(13-15-28-18-22-9-5-3-6-10-22)17-25(31-21(2)27)14-16-29-19-23-11-7-4-8-12-23/h3-12,24-25H,13-19H2,1-2H3/t24-,25+. The van der Waals surface area contributed by atoms with Crippen molar-refractivity contribution in [1.29, 1.82) is 0 Å². The van der Waals surface area contributed by atoms with E-state index < -0.39 is 12.2 Å². The predicted octanol–water partition coefficient (Wildman–Crippen LogP) is 4.45. The molecule has 0 aliphatic rings. The number of rotatable bonds is 14. The highest BCUT2D eigenvalue weighted by molar-refractivity contribution is 5.66. The molecule has 0 unspecified atom stereocenters. The van der Waals surface area contributed by atoms with Gasteiger partial charge in [0.25, 0.3) is 0 Å². The van der Waals surface area contributed by atoms with Crippen LogP contribution in [0, 0.1) is 0 Å². The fraction of sp³-hybridized carbons (Fsp3) is 0.440. The summed E-state index contributed by atoms with van der Waals surface area (Å²) in [7, 11) is 0. The molecule has 0 fully saturated rings. The first-order valence-electron chi connectivity index (χ1n) is 10.6. The van der Waals surface area contributed by atoms with Crippen LogP contribution in [0.15, 0.2) is 60.7 Å². The molecule has 0 spiro atoms. The molecule has 6 heteroatoms. The Morgan fingerprint density at radius 1 is 0.677 bits per heavy atom. The summed E-state index contributed by atoms with van der Waals surface area (Å²) in [4.78, 5) is 23.1. The monoisotopic (exact) mass is 428 g/mol. The van der Waals surface area contributed by atoms with Crippen molar-refractivity contribution in [2.75, 3.05) is 13.2 Å². The lowest BCUT2D eigenvalue weighted by Gasteiger charge is -2.23. The maximum Gasteiger partial charge on any atom is 0.302 e. The fourth-order valence-corrected chi connectivity index (χ4v) is 3.17. The van der Waals surface area contributed by atoms with Gasteiger partial charge in [-0.15, -0.1) is 0 Å². The molecule has 0 bridgehead atoms. The Bertz CT molecular complexity index is 697. The van der Waals surface area contributed by atoms with Gasteiger partial charge in [0.15, 0.2) is 0 Å². The normalized spacial score (nSPS) is 12.7. The quantitative estimate of drug-likeness (QED) is 0.327. The van der Waals surface area contributed by atoms with Crippen LogP contribution >= 0.6 is 0 Å². The third-order valence-electron chi connectivity index (χ3n) is 4.58. The van der Waals surface area contributed by atoms with E-state index in [-0.39, 0.29) is 11.9 Å². The molecule has 0 heterocycles. The summed E-state index contributed by atoms with van der Waals surface area (Å²) < 4.78 is 22.3. The summed E-state index contributed by atoms with van der Waals surface area (Å²) >= 11 is 0. The van der Waals surface area contributed by atoms with Gasteiger partial charge in [-0.25, -0.2) is 0 Å².